The van der Waals surface area contributed by atoms with E-state index in [0.29, 0.717) is 40.8 Å². The summed E-state index contributed by atoms with van der Waals surface area (Å²) in [6, 6.07) is 7.38. The molecule has 3 rings (SSSR count). The van der Waals surface area contributed by atoms with Crippen LogP contribution in [0.2, 0.25) is 0 Å². The fourth-order valence-electron chi connectivity index (χ4n) is 2.89. The average molecular weight is 386 g/mol. The number of thioether (sulfide) groups is 1. The minimum Gasteiger partial charge on any atom is -0.497 e. The van der Waals surface area contributed by atoms with Gasteiger partial charge in [-0.25, -0.2) is 9.69 Å². The van der Waals surface area contributed by atoms with Crippen LogP contribution in [-0.2, 0) is 9.59 Å². The second-order valence-corrected chi connectivity index (χ2v) is 7.08. The smallest absolute Gasteiger partial charge is 0.246 e. The first-order chi connectivity index (χ1) is 13.1. The SMILES string of the molecule is CCCC(=O)C1=C(c2cccc(OC)c2)N(C(=O)CCC)n2cnnc2S1. The van der Waals surface area contributed by atoms with E-state index in [1.54, 1.807) is 11.8 Å². The highest BCUT2D eigenvalue weighted by molar-refractivity contribution is 8.04. The van der Waals surface area contributed by atoms with E-state index < -0.39 is 0 Å². The number of carbonyl (C=O) groups excluding carboxylic acids is 2. The maximum atomic E-state index is 13.0. The fourth-order valence-corrected chi connectivity index (χ4v) is 3.89. The van der Waals surface area contributed by atoms with Crippen molar-refractivity contribution in [3.63, 3.8) is 0 Å². The van der Waals surface area contributed by atoms with Gasteiger partial charge >= 0.3 is 0 Å². The Balaban J connectivity index is 2.22. The van der Waals surface area contributed by atoms with E-state index in [1.807, 2.05) is 38.1 Å². The minimum absolute atomic E-state index is 0.0103. The predicted octanol–water partition coefficient (Wildman–Crippen LogP) is 3.40. The topological polar surface area (TPSA) is 77.3 Å². The molecule has 7 nitrogen and oxygen atoms in total. The molecule has 0 unspecified atom stereocenters. The first-order valence-corrected chi connectivity index (χ1v) is 9.75. The van der Waals surface area contributed by atoms with E-state index in [0.717, 1.165) is 12.0 Å². The van der Waals surface area contributed by atoms with Gasteiger partial charge in [-0.05, 0) is 36.7 Å². The molecule has 0 aliphatic carbocycles. The summed E-state index contributed by atoms with van der Waals surface area (Å²) in [5.74, 6) is 0.534. The molecule has 1 aromatic heterocycles. The summed E-state index contributed by atoms with van der Waals surface area (Å²) >= 11 is 1.25. The zero-order chi connectivity index (χ0) is 19.4. The highest BCUT2D eigenvalue weighted by Crippen LogP contribution is 2.40. The third-order valence-electron chi connectivity index (χ3n) is 4.11. The maximum absolute atomic E-state index is 13.0. The van der Waals surface area contributed by atoms with Gasteiger partial charge in [0.15, 0.2) is 5.78 Å². The molecule has 2 aromatic rings. The van der Waals surface area contributed by atoms with Crippen LogP contribution in [0.3, 0.4) is 0 Å². The molecule has 0 fully saturated rings. The summed E-state index contributed by atoms with van der Waals surface area (Å²) in [6.45, 7) is 3.90. The van der Waals surface area contributed by atoms with Gasteiger partial charge in [-0.1, -0.05) is 26.0 Å². The lowest BCUT2D eigenvalue weighted by atomic mass is 10.1. The molecule has 0 saturated carbocycles. The van der Waals surface area contributed by atoms with Gasteiger partial charge in [0.1, 0.15) is 12.1 Å². The number of rotatable bonds is 7. The highest BCUT2D eigenvalue weighted by Gasteiger charge is 2.34. The molecule has 1 aromatic carbocycles. The number of Topliss-reactive ketones (excluding diaryl/α,β-unsaturated/α-hetero) is 1. The van der Waals surface area contributed by atoms with Crippen LogP contribution in [-0.4, -0.2) is 33.7 Å². The number of ether oxygens (including phenoxy) is 1. The lowest BCUT2D eigenvalue weighted by Gasteiger charge is -2.32. The lowest BCUT2D eigenvalue weighted by molar-refractivity contribution is -0.119. The molecule has 1 aliphatic rings. The molecular weight excluding hydrogens is 364 g/mol. The summed E-state index contributed by atoms with van der Waals surface area (Å²) in [5.41, 5.74) is 1.30. The van der Waals surface area contributed by atoms with E-state index in [-0.39, 0.29) is 11.7 Å². The number of benzene rings is 1. The number of amides is 1. The van der Waals surface area contributed by atoms with Crippen molar-refractivity contribution in [2.45, 2.75) is 44.7 Å². The molecule has 27 heavy (non-hydrogen) atoms. The first-order valence-electron chi connectivity index (χ1n) is 8.93. The van der Waals surface area contributed by atoms with E-state index in [2.05, 4.69) is 10.2 Å². The molecule has 0 bridgehead atoms. The Bertz CT molecular complexity index is 891. The molecule has 2 heterocycles. The molecule has 0 spiro atoms. The van der Waals surface area contributed by atoms with Crippen molar-refractivity contribution in [3.8, 4) is 5.75 Å². The minimum atomic E-state index is -0.113. The summed E-state index contributed by atoms with van der Waals surface area (Å²) in [5, 5.41) is 10.0. The number of hydrogen-bond acceptors (Lipinski definition) is 6. The number of allylic oxidation sites excluding steroid dienone is 1. The number of nitrogens with zero attached hydrogens (tertiary/aromatic N) is 4. The Morgan fingerprint density at radius 1 is 1.19 bits per heavy atom. The van der Waals surface area contributed by atoms with Gasteiger partial charge in [0.25, 0.3) is 0 Å². The maximum Gasteiger partial charge on any atom is 0.246 e. The van der Waals surface area contributed by atoms with Gasteiger partial charge in [0.2, 0.25) is 11.1 Å². The first kappa shape index (κ1) is 19.2. The van der Waals surface area contributed by atoms with Crippen LogP contribution in [0.5, 0.6) is 5.75 Å². The van der Waals surface area contributed by atoms with Gasteiger partial charge in [-0.3, -0.25) is 9.59 Å². The third kappa shape index (κ3) is 3.75. The highest BCUT2D eigenvalue weighted by atomic mass is 32.2. The quantitative estimate of drug-likeness (QED) is 0.726. The van der Waals surface area contributed by atoms with Crippen molar-refractivity contribution in [1.29, 1.82) is 0 Å². The number of carbonyl (C=O) groups is 2. The van der Waals surface area contributed by atoms with E-state index in [9.17, 15) is 9.59 Å². The van der Waals surface area contributed by atoms with Gasteiger partial charge < -0.3 is 4.74 Å². The molecule has 8 heteroatoms. The van der Waals surface area contributed by atoms with Gasteiger partial charge in [-0.2, -0.15) is 0 Å². The molecule has 1 aliphatic heterocycles. The van der Waals surface area contributed by atoms with Gasteiger partial charge in [-0.15, -0.1) is 10.2 Å². The number of fused-ring (bicyclic) bond motifs is 1. The fraction of sp³-hybridized carbons (Fsp3) is 0.368. The van der Waals surface area contributed by atoms with Crippen LogP contribution >= 0.6 is 11.8 Å². The Hall–Kier alpha value is -2.61. The van der Waals surface area contributed by atoms with Gasteiger partial charge in [0.05, 0.1) is 17.7 Å². The van der Waals surface area contributed by atoms with Crippen molar-refractivity contribution >= 4 is 29.1 Å². The zero-order valence-corrected chi connectivity index (χ0v) is 16.5. The number of methoxy groups -OCH3 is 1. The van der Waals surface area contributed by atoms with Gasteiger partial charge in [0, 0.05) is 18.4 Å². The Morgan fingerprint density at radius 2 is 1.96 bits per heavy atom. The van der Waals surface area contributed by atoms with Crippen molar-refractivity contribution in [2.75, 3.05) is 12.1 Å². The number of hydrogen-bond donors (Lipinski definition) is 0. The molecular formula is C19H22N4O3S. The molecule has 0 atom stereocenters. The molecule has 142 valence electrons. The summed E-state index contributed by atoms with van der Waals surface area (Å²) in [7, 11) is 1.59. The Labute approximate surface area is 162 Å². The number of ketones is 1. The van der Waals surface area contributed by atoms with Crippen LogP contribution in [0.1, 0.15) is 45.1 Å². The lowest BCUT2D eigenvalue weighted by Crippen LogP contribution is -2.41. The van der Waals surface area contributed by atoms with Crippen LogP contribution in [0.15, 0.2) is 40.7 Å². The van der Waals surface area contributed by atoms with Crippen LogP contribution in [0.25, 0.3) is 5.70 Å². The largest absolute Gasteiger partial charge is 0.497 e. The average Bonchev–Trinajstić information content (AvgIpc) is 3.15. The second kappa shape index (κ2) is 8.39. The predicted molar refractivity (Wildman–Crippen MR) is 104 cm³/mol. The normalized spacial score (nSPS) is 13.5. The molecule has 1 amide bonds. The van der Waals surface area contributed by atoms with Crippen molar-refractivity contribution < 1.29 is 14.3 Å². The van der Waals surface area contributed by atoms with Crippen LogP contribution < -0.4 is 9.75 Å². The van der Waals surface area contributed by atoms with Crippen molar-refractivity contribution in [2.24, 2.45) is 0 Å². The Morgan fingerprint density at radius 3 is 2.67 bits per heavy atom. The van der Waals surface area contributed by atoms with E-state index in [4.69, 9.17) is 4.74 Å². The third-order valence-corrected chi connectivity index (χ3v) is 5.19. The summed E-state index contributed by atoms with van der Waals surface area (Å²) < 4.78 is 6.95. The van der Waals surface area contributed by atoms with Crippen molar-refractivity contribution in [1.82, 2.24) is 14.9 Å². The van der Waals surface area contributed by atoms with Crippen LogP contribution in [0, 0.1) is 0 Å². The molecule has 0 N–H and O–H groups in total. The summed E-state index contributed by atoms with van der Waals surface area (Å²) in [6.07, 6.45) is 3.68. The Kier molecular flexibility index (Phi) is 5.95. The van der Waals surface area contributed by atoms with Crippen LogP contribution in [0.4, 0.5) is 0 Å². The molecule has 0 saturated heterocycles. The van der Waals surface area contributed by atoms with Crippen molar-refractivity contribution in [3.05, 3.63) is 41.1 Å². The second-order valence-electron chi connectivity index (χ2n) is 6.10. The molecule has 0 radical (unpaired) electrons. The van der Waals surface area contributed by atoms with E-state index >= 15 is 0 Å². The number of aromatic nitrogens is 3. The monoisotopic (exact) mass is 386 g/mol. The standard InChI is InChI=1S/C19H22N4O3S/c1-4-7-15(24)18-17(13-9-6-10-14(11-13)26-3)23(16(25)8-5-2)22-12-20-21-19(22)27-18/h6,9-12H,4-5,7-8H2,1-3H3. The van der Waals surface area contributed by atoms with E-state index in [1.165, 1.54) is 23.1 Å². The summed E-state index contributed by atoms with van der Waals surface area (Å²) in [4.78, 5) is 26.4. The zero-order valence-electron chi connectivity index (χ0n) is 15.6.